The van der Waals surface area contributed by atoms with Crippen LogP contribution < -0.4 is 4.74 Å². The lowest BCUT2D eigenvalue weighted by atomic mass is 9.63. The largest absolute Gasteiger partial charge is 0.457 e. The minimum absolute atomic E-state index is 0.535. The maximum Gasteiger partial charge on any atom is 0.136 e. The average Bonchev–Trinajstić information content (AvgIpc) is 3.55. The molecule has 2 heterocycles. The standard InChI is InChI=1S/C47H30O2/c1-3-13-33(14-4-1)47(34-15-5-2-6-16-34)41-20-10-12-22-44(41)49-46-30-32(24-28-42(46)47)36-27-26-35(37-17-7-8-18-38(36)37)31-23-25-40-39-19-9-11-21-43(39)48-45(40)29-31/h1-30H. The van der Waals surface area contributed by atoms with Crippen molar-refractivity contribution in [2.75, 3.05) is 0 Å². The highest BCUT2D eigenvalue weighted by Gasteiger charge is 2.45. The fraction of sp³-hybridized carbons (Fsp3) is 0.0213. The van der Waals surface area contributed by atoms with Gasteiger partial charge in [-0.2, -0.15) is 0 Å². The molecule has 2 heteroatoms. The van der Waals surface area contributed by atoms with Crippen LogP contribution in [0.25, 0.3) is 55.0 Å². The molecule has 0 saturated carbocycles. The van der Waals surface area contributed by atoms with E-state index in [-0.39, 0.29) is 0 Å². The van der Waals surface area contributed by atoms with Gasteiger partial charge >= 0.3 is 0 Å². The van der Waals surface area contributed by atoms with Crippen molar-refractivity contribution in [3.63, 3.8) is 0 Å². The van der Waals surface area contributed by atoms with Gasteiger partial charge in [0.15, 0.2) is 0 Å². The second-order valence-corrected chi connectivity index (χ2v) is 12.8. The number of rotatable bonds is 4. The van der Waals surface area contributed by atoms with Gasteiger partial charge in [0.1, 0.15) is 22.7 Å². The molecule has 49 heavy (non-hydrogen) atoms. The Morgan fingerprint density at radius 3 is 1.59 bits per heavy atom. The van der Waals surface area contributed by atoms with E-state index in [1.165, 1.54) is 33.0 Å². The van der Waals surface area contributed by atoms with Crippen molar-refractivity contribution in [1.82, 2.24) is 0 Å². The first-order chi connectivity index (χ1) is 24.3. The predicted molar refractivity (Wildman–Crippen MR) is 200 cm³/mol. The Hall–Kier alpha value is -6.38. The van der Waals surface area contributed by atoms with Crippen LogP contribution in [0.1, 0.15) is 22.3 Å². The predicted octanol–water partition coefficient (Wildman–Crippen LogP) is 12.6. The third-order valence-corrected chi connectivity index (χ3v) is 10.2. The van der Waals surface area contributed by atoms with Crippen LogP contribution in [0.3, 0.4) is 0 Å². The van der Waals surface area contributed by atoms with Crippen molar-refractivity contribution >= 4 is 32.7 Å². The monoisotopic (exact) mass is 626 g/mol. The summed E-state index contributed by atoms with van der Waals surface area (Å²) < 4.78 is 13.1. The van der Waals surface area contributed by atoms with Crippen molar-refractivity contribution in [2.45, 2.75) is 5.41 Å². The third-order valence-electron chi connectivity index (χ3n) is 10.2. The van der Waals surface area contributed by atoms with E-state index in [2.05, 4.69) is 170 Å². The van der Waals surface area contributed by atoms with Crippen molar-refractivity contribution in [3.05, 3.63) is 204 Å². The molecule has 0 unspecified atom stereocenters. The Bertz CT molecular complexity index is 2650. The number of fused-ring (bicyclic) bond motifs is 6. The molecule has 9 aromatic rings. The van der Waals surface area contributed by atoms with Crippen molar-refractivity contribution in [1.29, 1.82) is 0 Å². The van der Waals surface area contributed by atoms with E-state index in [0.717, 1.165) is 55.7 Å². The van der Waals surface area contributed by atoms with E-state index in [1.54, 1.807) is 0 Å². The Morgan fingerprint density at radius 1 is 0.347 bits per heavy atom. The summed E-state index contributed by atoms with van der Waals surface area (Å²) in [5.41, 5.74) is 10.6. The smallest absolute Gasteiger partial charge is 0.136 e. The van der Waals surface area contributed by atoms with Gasteiger partial charge in [-0.15, -0.1) is 0 Å². The molecule has 8 aromatic carbocycles. The fourth-order valence-electron chi connectivity index (χ4n) is 8.07. The highest BCUT2D eigenvalue weighted by Crippen LogP contribution is 2.56. The first-order valence-corrected chi connectivity index (χ1v) is 16.8. The summed E-state index contributed by atoms with van der Waals surface area (Å²) in [4.78, 5) is 0. The van der Waals surface area contributed by atoms with E-state index >= 15 is 0 Å². The van der Waals surface area contributed by atoms with Gasteiger partial charge in [-0.05, 0) is 74.5 Å². The number of ether oxygens (including phenoxy) is 1. The van der Waals surface area contributed by atoms with Crippen LogP contribution in [0.5, 0.6) is 11.5 Å². The van der Waals surface area contributed by atoms with Gasteiger partial charge in [0, 0.05) is 21.9 Å². The Balaban J connectivity index is 1.16. The van der Waals surface area contributed by atoms with Gasteiger partial charge < -0.3 is 9.15 Å². The quantitative estimate of drug-likeness (QED) is 0.194. The number of benzene rings is 8. The van der Waals surface area contributed by atoms with Gasteiger partial charge in [0.2, 0.25) is 0 Å². The van der Waals surface area contributed by atoms with Crippen LogP contribution in [0.4, 0.5) is 0 Å². The molecule has 0 radical (unpaired) electrons. The lowest BCUT2D eigenvalue weighted by Crippen LogP contribution is -2.34. The van der Waals surface area contributed by atoms with Crippen LogP contribution in [-0.2, 0) is 5.41 Å². The van der Waals surface area contributed by atoms with Crippen LogP contribution >= 0.6 is 0 Å². The molecule has 0 N–H and O–H groups in total. The molecule has 0 bridgehead atoms. The zero-order valence-corrected chi connectivity index (χ0v) is 26.6. The molecular weight excluding hydrogens is 597 g/mol. The number of para-hydroxylation sites is 2. The van der Waals surface area contributed by atoms with Crippen LogP contribution in [0, 0.1) is 0 Å². The topological polar surface area (TPSA) is 22.4 Å². The summed E-state index contributed by atoms with van der Waals surface area (Å²) in [5.74, 6) is 1.74. The minimum atomic E-state index is -0.535. The fourth-order valence-corrected chi connectivity index (χ4v) is 8.07. The maximum atomic E-state index is 6.80. The van der Waals surface area contributed by atoms with Gasteiger partial charge in [-0.1, -0.05) is 152 Å². The molecule has 1 aliphatic rings. The van der Waals surface area contributed by atoms with E-state index < -0.39 is 5.41 Å². The van der Waals surface area contributed by atoms with Crippen molar-refractivity contribution in [3.8, 4) is 33.8 Å². The molecule has 0 atom stereocenters. The maximum absolute atomic E-state index is 6.80. The van der Waals surface area contributed by atoms with Gasteiger partial charge in [-0.3, -0.25) is 0 Å². The second-order valence-electron chi connectivity index (χ2n) is 12.8. The van der Waals surface area contributed by atoms with Crippen molar-refractivity contribution in [2.24, 2.45) is 0 Å². The summed E-state index contributed by atoms with van der Waals surface area (Å²) in [6.07, 6.45) is 0. The van der Waals surface area contributed by atoms with Crippen LogP contribution in [0.2, 0.25) is 0 Å². The molecule has 10 rings (SSSR count). The van der Waals surface area contributed by atoms with Crippen LogP contribution in [-0.4, -0.2) is 0 Å². The number of furan rings is 1. The van der Waals surface area contributed by atoms with E-state index in [0.29, 0.717) is 0 Å². The lowest BCUT2D eigenvalue weighted by molar-refractivity contribution is 0.435. The van der Waals surface area contributed by atoms with E-state index in [9.17, 15) is 0 Å². The van der Waals surface area contributed by atoms with Crippen LogP contribution in [0.15, 0.2) is 186 Å². The second kappa shape index (κ2) is 10.8. The molecule has 1 aromatic heterocycles. The molecule has 0 spiro atoms. The summed E-state index contributed by atoms with van der Waals surface area (Å²) in [5, 5.41) is 4.67. The molecule has 230 valence electrons. The Labute approximate surface area is 284 Å². The lowest BCUT2D eigenvalue weighted by Gasteiger charge is -2.41. The van der Waals surface area contributed by atoms with Crippen molar-refractivity contribution < 1.29 is 9.15 Å². The molecule has 0 amide bonds. The summed E-state index contributed by atoms with van der Waals surface area (Å²) in [7, 11) is 0. The Morgan fingerprint density at radius 2 is 0.878 bits per heavy atom. The molecule has 0 saturated heterocycles. The molecule has 0 fully saturated rings. The van der Waals surface area contributed by atoms with Gasteiger partial charge in [-0.25, -0.2) is 0 Å². The third kappa shape index (κ3) is 4.14. The summed E-state index contributed by atoms with van der Waals surface area (Å²) in [6.45, 7) is 0. The normalized spacial score (nSPS) is 13.2. The molecule has 2 nitrogen and oxygen atoms in total. The highest BCUT2D eigenvalue weighted by molar-refractivity contribution is 6.09. The molecule has 1 aliphatic heterocycles. The zero-order chi connectivity index (χ0) is 32.4. The first-order valence-electron chi connectivity index (χ1n) is 16.8. The summed E-state index contributed by atoms with van der Waals surface area (Å²) >= 11 is 0. The highest BCUT2D eigenvalue weighted by atomic mass is 16.5. The van der Waals surface area contributed by atoms with Gasteiger partial charge in [0.25, 0.3) is 0 Å². The number of hydrogen-bond donors (Lipinski definition) is 0. The summed E-state index contributed by atoms with van der Waals surface area (Å²) in [6, 6.07) is 64.9. The van der Waals surface area contributed by atoms with E-state index in [1.807, 2.05) is 12.1 Å². The zero-order valence-electron chi connectivity index (χ0n) is 26.6. The molecular formula is C47H30O2. The average molecular weight is 627 g/mol. The minimum Gasteiger partial charge on any atom is -0.457 e. The molecule has 0 aliphatic carbocycles. The van der Waals surface area contributed by atoms with E-state index in [4.69, 9.17) is 9.15 Å². The first kappa shape index (κ1) is 27.7. The Kier molecular flexibility index (Phi) is 6.13. The van der Waals surface area contributed by atoms with Gasteiger partial charge in [0.05, 0.1) is 5.41 Å². The number of hydrogen-bond acceptors (Lipinski definition) is 2. The SMILES string of the molecule is c1ccc(C2(c3ccccc3)c3ccccc3Oc3cc(-c4ccc(-c5ccc6c(c5)oc5ccccc56)c5ccccc45)ccc32)cc1.